The van der Waals surface area contributed by atoms with Crippen LogP contribution in [0.1, 0.15) is 16.7 Å². The molecule has 5 nitrogen and oxygen atoms in total. The van der Waals surface area contributed by atoms with Crippen LogP contribution in [0.5, 0.6) is 0 Å². The first-order valence-corrected chi connectivity index (χ1v) is 8.10. The van der Waals surface area contributed by atoms with E-state index in [4.69, 9.17) is 17.3 Å². The van der Waals surface area contributed by atoms with E-state index in [1.165, 1.54) is 6.07 Å². The predicted molar refractivity (Wildman–Crippen MR) is 85.1 cm³/mol. The number of benzene rings is 1. The lowest BCUT2D eigenvalue weighted by Crippen LogP contribution is -2.17. The van der Waals surface area contributed by atoms with Gasteiger partial charge in [-0.2, -0.15) is 0 Å². The number of nitrogen functional groups attached to an aromatic ring is 1. The fourth-order valence-electron chi connectivity index (χ4n) is 2.25. The number of nitrogens with one attached hydrogen (secondary N) is 1. The third kappa shape index (κ3) is 3.11. The van der Waals surface area contributed by atoms with Crippen LogP contribution < -0.4 is 10.5 Å². The summed E-state index contributed by atoms with van der Waals surface area (Å²) in [5, 5.41) is 0.215. The van der Waals surface area contributed by atoms with Gasteiger partial charge in [0.1, 0.15) is 11.0 Å². The number of aryl methyl sites for hydroxylation is 2. The molecule has 0 amide bonds. The fraction of sp³-hybridized carbons (Fsp3) is 0.214. The van der Waals surface area contributed by atoms with Crippen LogP contribution in [0, 0.1) is 20.8 Å². The van der Waals surface area contributed by atoms with E-state index >= 15 is 0 Å². The number of nitrogens with two attached hydrogens (primary N) is 1. The van der Waals surface area contributed by atoms with Gasteiger partial charge in [0.25, 0.3) is 10.0 Å². The fourth-order valence-corrected chi connectivity index (χ4v) is 3.90. The van der Waals surface area contributed by atoms with E-state index in [0.29, 0.717) is 16.8 Å². The van der Waals surface area contributed by atoms with Gasteiger partial charge < -0.3 is 5.73 Å². The molecule has 0 radical (unpaired) electrons. The van der Waals surface area contributed by atoms with E-state index in [1.54, 1.807) is 32.0 Å². The minimum atomic E-state index is -3.78. The first kappa shape index (κ1) is 15.6. The molecule has 2 aromatic rings. The van der Waals surface area contributed by atoms with Crippen LogP contribution >= 0.6 is 11.6 Å². The Labute approximate surface area is 129 Å². The molecule has 0 spiro atoms. The van der Waals surface area contributed by atoms with Crippen LogP contribution in [-0.2, 0) is 10.0 Å². The van der Waals surface area contributed by atoms with Crippen LogP contribution in [0.2, 0.25) is 5.15 Å². The largest absolute Gasteiger partial charge is 0.398 e. The monoisotopic (exact) mass is 325 g/mol. The SMILES string of the molecule is Cc1cc(C)c(S(=O)(=O)Nc2cccc(Cl)n2)c(C)c1N. The van der Waals surface area contributed by atoms with Crippen LogP contribution in [0.25, 0.3) is 0 Å². The molecule has 0 aliphatic rings. The summed E-state index contributed by atoms with van der Waals surface area (Å²) >= 11 is 5.76. The maximum atomic E-state index is 12.6. The summed E-state index contributed by atoms with van der Waals surface area (Å²) in [4.78, 5) is 4.10. The van der Waals surface area contributed by atoms with Gasteiger partial charge in [-0.15, -0.1) is 0 Å². The summed E-state index contributed by atoms with van der Waals surface area (Å²) in [6, 6.07) is 6.48. The minimum Gasteiger partial charge on any atom is -0.398 e. The minimum absolute atomic E-state index is 0.167. The van der Waals surface area contributed by atoms with E-state index in [0.717, 1.165) is 5.56 Å². The van der Waals surface area contributed by atoms with E-state index in [2.05, 4.69) is 9.71 Å². The summed E-state index contributed by atoms with van der Waals surface area (Å²) < 4.78 is 27.6. The van der Waals surface area contributed by atoms with E-state index in [9.17, 15) is 8.42 Å². The molecule has 0 saturated heterocycles. The maximum absolute atomic E-state index is 12.6. The number of rotatable bonds is 3. The number of hydrogen-bond acceptors (Lipinski definition) is 4. The zero-order valence-electron chi connectivity index (χ0n) is 11.9. The molecule has 3 N–H and O–H groups in total. The molecule has 0 atom stereocenters. The number of sulfonamides is 1. The molecule has 0 aliphatic carbocycles. The molecule has 1 aromatic carbocycles. The average molecular weight is 326 g/mol. The van der Waals surface area contributed by atoms with Crippen molar-refractivity contribution in [3.8, 4) is 0 Å². The smallest absolute Gasteiger partial charge is 0.263 e. The molecule has 1 heterocycles. The molecule has 7 heteroatoms. The molecule has 0 saturated carbocycles. The highest BCUT2D eigenvalue weighted by Gasteiger charge is 2.22. The van der Waals surface area contributed by atoms with Crippen molar-refractivity contribution in [2.75, 3.05) is 10.5 Å². The Morgan fingerprint density at radius 1 is 1.19 bits per heavy atom. The molecular formula is C14H16ClN3O2S. The van der Waals surface area contributed by atoms with Gasteiger partial charge in [-0.3, -0.25) is 4.72 Å². The summed E-state index contributed by atoms with van der Waals surface area (Å²) in [5.41, 5.74) is 8.42. The normalized spacial score (nSPS) is 11.4. The number of anilines is 2. The molecule has 2 rings (SSSR count). The molecule has 0 aliphatic heterocycles. The molecule has 1 aromatic heterocycles. The Morgan fingerprint density at radius 3 is 2.48 bits per heavy atom. The Bertz CT molecular complexity index is 804. The van der Waals surface area contributed by atoms with Crippen molar-refractivity contribution in [3.63, 3.8) is 0 Å². The second-order valence-corrected chi connectivity index (χ2v) is 6.84. The van der Waals surface area contributed by atoms with Gasteiger partial charge in [0.2, 0.25) is 0 Å². The van der Waals surface area contributed by atoms with Gasteiger partial charge in [0.05, 0.1) is 4.90 Å². The number of pyridine rings is 1. The first-order chi connectivity index (χ1) is 9.72. The van der Waals surface area contributed by atoms with Crippen molar-refractivity contribution in [2.45, 2.75) is 25.7 Å². The lowest BCUT2D eigenvalue weighted by Gasteiger charge is -2.15. The van der Waals surface area contributed by atoms with Crippen LogP contribution in [0.15, 0.2) is 29.2 Å². The van der Waals surface area contributed by atoms with E-state index in [1.807, 2.05) is 6.92 Å². The highest BCUT2D eigenvalue weighted by molar-refractivity contribution is 7.92. The van der Waals surface area contributed by atoms with Gasteiger partial charge in [0, 0.05) is 5.69 Å². The van der Waals surface area contributed by atoms with Gasteiger partial charge in [0.15, 0.2) is 0 Å². The Morgan fingerprint density at radius 2 is 1.86 bits per heavy atom. The highest BCUT2D eigenvalue weighted by Crippen LogP contribution is 2.29. The van der Waals surface area contributed by atoms with Crippen molar-refractivity contribution < 1.29 is 8.42 Å². The van der Waals surface area contributed by atoms with Gasteiger partial charge in [-0.05, 0) is 49.6 Å². The van der Waals surface area contributed by atoms with Crippen molar-refractivity contribution in [1.82, 2.24) is 4.98 Å². The number of hydrogen-bond donors (Lipinski definition) is 2. The summed E-state index contributed by atoms with van der Waals surface area (Å²) in [5.74, 6) is 0.167. The second-order valence-electron chi connectivity index (χ2n) is 4.83. The quantitative estimate of drug-likeness (QED) is 0.671. The predicted octanol–water partition coefficient (Wildman–Crippen LogP) is 3.04. The van der Waals surface area contributed by atoms with Crippen molar-refractivity contribution >= 4 is 33.1 Å². The highest BCUT2D eigenvalue weighted by atomic mass is 35.5. The van der Waals surface area contributed by atoms with E-state index < -0.39 is 10.0 Å². The molecular weight excluding hydrogens is 310 g/mol. The molecule has 0 unspecified atom stereocenters. The Balaban J connectivity index is 2.53. The molecule has 21 heavy (non-hydrogen) atoms. The van der Waals surface area contributed by atoms with Crippen LogP contribution in [0.3, 0.4) is 0 Å². The third-order valence-electron chi connectivity index (χ3n) is 3.18. The topological polar surface area (TPSA) is 85.1 Å². The van der Waals surface area contributed by atoms with Gasteiger partial charge >= 0.3 is 0 Å². The lowest BCUT2D eigenvalue weighted by atomic mass is 10.1. The first-order valence-electron chi connectivity index (χ1n) is 6.24. The zero-order valence-corrected chi connectivity index (χ0v) is 13.5. The van der Waals surface area contributed by atoms with E-state index in [-0.39, 0.29) is 15.9 Å². The molecule has 0 bridgehead atoms. The number of aromatic nitrogens is 1. The lowest BCUT2D eigenvalue weighted by molar-refractivity contribution is 0.600. The molecule has 112 valence electrons. The summed E-state index contributed by atoms with van der Waals surface area (Å²) in [6.07, 6.45) is 0. The maximum Gasteiger partial charge on any atom is 0.263 e. The van der Waals surface area contributed by atoms with Crippen LogP contribution in [-0.4, -0.2) is 13.4 Å². The summed E-state index contributed by atoms with van der Waals surface area (Å²) in [7, 11) is -3.78. The van der Waals surface area contributed by atoms with Crippen molar-refractivity contribution in [3.05, 3.63) is 46.1 Å². The van der Waals surface area contributed by atoms with Crippen molar-refractivity contribution in [2.24, 2.45) is 0 Å². The standard InChI is InChI=1S/C14H16ClN3O2S/c1-8-7-9(2)14(10(3)13(8)16)21(19,20)18-12-6-4-5-11(15)17-12/h4-7H,16H2,1-3H3,(H,17,18). The third-order valence-corrected chi connectivity index (χ3v) is 5.04. The van der Waals surface area contributed by atoms with Gasteiger partial charge in [-0.1, -0.05) is 23.7 Å². The molecule has 0 fully saturated rings. The van der Waals surface area contributed by atoms with Gasteiger partial charge in [-0.25, -0.2) is 13.4 Å². The average Bonchev–Trinajstić information content (AvgIpc) is 2.35. The Hall–Kier alpha value is -1.79. The number of nitrogens with zero attached hydrogens (tertiary/aromatic N) is 1. The zero-order chi connectivity index (χ0) is 15.8. The van der Waals surface area contributed by atoms with Crippen LogP contribution in [0.4, 0.5) is 11.5 Å². The van der Waals surface area contributed by atoms with Crippen molar-refractivity contribution in [1.29, 1.82) is 0 Å². The Kier molecular flexibility index (Phi) is 4.11. The summed E-state index contributed by atoms with van der Waals surface area (Å²) in [6.45, 7) is 5.27. The number of halogens is 1. The second kappa shape index (κ2) is 5.54.